The molecule has 4 rings (SSSR count). The normalized spacial score (nSPS) is 10.5. The highest BCUT2D eigenvalue weighted by molar-refractivity contribution is 5.91. The van der Waals surface area contributed by atoms with Crippen LogP contribution >= 0.6 is 0 Å². The maximum Gasteiger partial charge on any atom is 0.335 e. The fourth-order valence-electron chi connectivity index (χ4n) is 3.77. The van der Waals surface area contributed by atoms with Gasteiger partial charge in [0.05, 0.1) is 45.7 Å². The van der Waals surface area contributed by atoms with Gasteiger partial charge in [-0.25, -0.2) is 14.6 Å². The zero-order valence-electron chi connectivity index (χ0n) is 20.3. The van der Waals surface area contributed by atoms with Gasteiger partial charge in [0.2, 0.25) is 0 Å². The zero-order valence-corrected chi connectivity index (χ0v) is 20.3. The van der Waals surface area contributed by atoms with E-state index in [2.05, 4.69) is 33.7 Å². The molecule has 0 unspecified atom stereocenters. The van der Waals surface area contributed by atoms with E-state index in [1.165, 1.54) is 43.3 Å². The maximum atomic E-state index is 11.8. The van der Waals surface area contributed by atoms with Crippen molar-refractivity contribution < 1.29 is 24.2 Å². The van der Waals surface area contributed by atoms with Crippen molar-refractivity contribution in [1.29, 1.82) is 0 Å². The Morgan fingerprint density at radius 2 is 1.49 bits per heavy atom. The minimum absolute atomic E-state index is 0.0214. The monoisotopic (exact) mass is 495 g/mol. The highest BCUT2D eigenvalue weighted by atomic mass is 16.4. The molecule has 8 nitrogen and oxygen atoms in total. The van der Waals surface area contributed by atoms with Gasteiger partial charge in [-0.05, 0) is 48.9 Å². The Bertz CT molecular complexity index is 1500. The van der Waals surface area contributed by atoms with Crippen LogP contribution in [-0.2, 0) is 6.42 Å². The summed E-state index contributed by atoms with van der Waals surface area (Å²) < 4.78 is 5.62. The van der Waals surface area contributed by atoms with Gasteiger partial charge in [0, 0.05) is 24.4 Å². The average molecular weight is 496 g/mol. The molecule has 2 N–H and O–H groups in total. The van der Waals surface area contributed by atoms with Crippen molar-refractivity contribution in [1.82, 2.24) is 15.0 Å². The van der Waals surface area contributed by atoms with Gasteiger partial charge in [-0.15, -0.1) is 0 Å². The number of carboxylic acids is 2. The summed E-state index contributed by atoms with van der Waals surface area (Å²) in [4.78, 5) is 36.2. The first-order valence-electron chi connectivity index (χ1n) is 11.9. The number of nitrogens with zero attached hydrogens (tertiary/aromatic N) is 3. The van der Waals surface area contributed by atoms with E-state index in [0.717, 1.165) is 30.6 Å². The highest BCUT2D eigenvalue weighted by Crippen LogP contribution is 2.24. The summed E-state index contributed by atoms with van der Waals surface area (Å²) >= 11 is 0. The molecule has 0 aliphatic rings. The number of pyridine rings is 3. The first-order chi connectivity index (χ1) is 17.9. The summed E-state index contributed by atoms with van der Waals surface area (Å²) in [6.45, 7) is 2.18. The fourth-order valence-corrected chi connectivity index (χ4v) is 3.77. The standard InChI is InChI=1S/C29H25N3O5/c1-2-3-4-5-6-27-20(11-14-37-27)8-7-19-9-12-30-23(15-19)25-17-22(29(35)36)18-26(32-25)24-16-21(28(33)34)10-13-31-24/h9-18H,2-6H2,1H3,(H,33,34)(H,35,36). The molecule has 8 heteroatoms. The lowest BCUT2D eigenvalue weighted by Crippen LogP contribution is -2.02. The second-order valence-electron chi connectivity index (χ2n) is 8.41. The van der Waals surface area contributed by atoms with Crippen LogP contribution in [-0.4, -0.2) is 37.1 Å². The molecular weight excluding hydrogens is 470 g/mol. The first-order valence-corrected chi connectivity index (χ1v) is 11.9. The Hall–Kier alpha value is -4.77. The average Bonchev–Trinajstić information content (AvgIpc) is 3.37. The number of aromatic carboxylic acids is 2. The second-order valence-corrected chi connectivity index (χ2v) is 8.41. The number of carbonyl (C=O) groups is 2. The number of aromatic nitrogens is 3. The smallest absolute Gasteiger partial charge is 0.335 e. The third kappa shape index (κ3) is 6.47. The van der Waals surface area contributed by atoms with Crippen LogP contribution in [0.25, 0.3) is 22.8 Å². The van der Waals surface area contributed by atoms with Gasteiger partial charge in [0.15, 0.2) is 0 Å². The van der Waals surface area contributed by atoms with Gasteiger partial charge in [-0.3, -0.25) is 9.97 Å². The molecule has 0 amide bonds. The summed E-state index contributed by atoms with van der Waals surface area (Å²) in [6.07, 6.45) is 9.98. The summed E-state index contributed by atoms with van der Waals surface area (Å²) in [6, 6.07) is 10.8. The minimum Gasteiger partial charge on any atom is -0.478 e. The fraction of sp³-hybridized carbons (Fsp3) is 0.207. The molecule has 0 saturated heterocycles. The number of aryl methyl sites for hydroxylation is 1. The van der Waals surface area contributed by atoms with Gasteiger partial charge in [0.25, 0.3) is 0 Å². The molecule has 0 atom stereocenters. The van der Waals surface area contributed by atoms with Crippen molar-refractivity contribution in [3.63, 3.8) is 0 Å². The molecule has 4 heterocycles. The quantitative estimate of drug-likeness (QED) is 0.223. The van der Waals surface area contributed by atoms with Crippen molar-refractivity contribution in [2.24, 2.45) is 0 Å². The zero-order chi connectivity index (χ0) is 26.2. The SMILES string of the molecule is CCCCCCc1occc1C#Cc1ccnc(-c2cc(C(=O)O)cc(-c3cc(C(=O)O)ccn3)n2)c1. The van der Waals surface area contributed by atoms with Crippen LogP contribution in [0.15, 0.2) is 65.5 Å². The molecule has 0 aliphatic carbocycles. The van der Waals surface area contributed by atoms with E-state index in [1.807, 2.05) is 6.07 Å². The van der Waals surface area contributed by atoms with E-state index in [-0.39, 0.29) is 22.5 Å². The molecule has 0 saturated carbocycles. The number of carboxylic acid groups (broad SMARTS) is 2. The van der Waals surface area contributed by atoms with Gasteiger partial charge < -0.3 is 14.6 Å². The van der Waals surface area contributed by atoms with Crippen molar-refractivity contribution in [2.75, 3.05) is 0 Å². The summed E-state index contributed by atoms with van der Waals surface area (Å²) in [5, 5.41) is 18.9. The molecule has 0 spiro atoms. The largest absolute Gasteiger partial charge is 0.478 e. The van der Waals surface area contributed by atoms with Crippen LogP contribution in [0.5, 0.6) is 0 Å². The van der Waals surface area contributed by atoms with Crippen molar-refractivity contribution in [3.8, 4) is 34.6 Å². The van der Waals surface area contributed by atoms with Crippen LogP contribution in [0.3, 0.4) is 0 Å². The van der Waals surface area contributed by atoms with Gasteiger partial charge >= 0.3 is 11.9 Å². The molecule has 0 bridgehead atoms. The number of rotatable bonds is 9. The van der Waals surface area contributed by atoms with Gasteiger partial charge in [-0.1, -0.05) is 38.0 Å². The lowest BCUT2D eigenvalue weighted by atomic mass is 10.1. The third-order valence-corrected chi connectivity index (χ3v) is 5.71. The van der Waals surface area contributed by atoms with Crippen LogP contribution in [0.1, 0.15) is 70.2 Å². The predicted octanol–water partition coefficient (Wildman–Crippen LogP) is 5.72. The lowest BCUT2D eigenvalue weighted by Gasteiger charge is -2.07. The molecule has 0 fully saturated rings. The summed E-state index contributed by atoms with van der Waals surface area (Å²) in [5.74, 6) is 4.89. The molecular formula is C29H25N3O5. The van der Waals surface area contributed by atoms with Crippen molar-refractivity contribution >= 4 is 11.9 Å². The third-order valence-electron chi connectivity index (χ3n) is 5.71. The molecule has 0 aromatic carbocycles. The van der Waals surface area contributed by atoms with Crippen LogP contribution in [0.2, 0.25) is 0 Å². The Labute approximate surface area is 214 Å². The number of furan rings is 1. The van der Waals surface area contributed by atoms with E-state index in [4.69, 9.17) is 4.42 Å². The number of unbranched alkanes of at least 4 members (excludes halogenated alkanes) is 3. The molecule has 37 heavy (non-hydrogen) atoms. The van der Waals surface area contributed by atoms with Crippen LogP contribution in [0.4, 0.5) is 0 Å². The summed E-state index contributed by atoms with van der Waals surface area (Å²) in [5.41, 5.74) is 2.72. The molecule has 186 valence electrons. The summed E-state index contributed by atoms with van der Waals surface area (Å²) in [7, 11) is 0. The Morgan fingerprint density at radius 1 is 0.811 bits per heavy atom. The van der Waals surface area contributed by atoms with E-state index in [9.17, 15) is 19.8 Å². The number of hydrogen-bond donors (Lipinski definition) is 2. The van der Waals surface area contributed by atoms with Gasteiger partial charge in [0.1, 0.15) is 5.76 Å². The Balaban J connectivity index is 1.65. The lowest BCUT2D eigenvalue weighted by molar-refractivity contribution is 0.0686. The Morgan fingerprint density at radius 3 is 2.19 bits per heavy atom. The molecule has 0 radical (unpaired) electrons. The van der Waals surface area contributed by atoms with E-state index in [1.54, 1.807) is 24.6 Å². The van der Waals surface area contributed by atoms with E-state index in [0.29, 0.717) is 17.0 Å². The minimum atomic E-state index is -1.15. The molecule has 4 aromatic rings. The van der Waals surface area contributed by atoms with Gasteiger partial charge in [-0.2, -0.15) is 0 Å². The van der Waals surface area contributed by atoms with E-state index < -0.39 is 11.9 Å². The predicted molar refractivity (Wildman–Crippen MR) is 137 cm³/mol. The second kappa shape index (κ2) is 11.8. The topological polar surface area (TPSA) is 126 Å². The maximum absolute atomic E-state index is 11.8. The van der Waals surface area contributed by atoms with Crippen LogP contribution < -0.4 is 0 Å². The van der Waals surface area contributed by atoms with Crippen molar-refractivity contribution in [2.45, 2.75) is 39.0 Å². The molecule has 4 aromatic heterocycles. The van der Waals surface area contributed by atoms with Crippen LogP contribution in [0, 0.1) is 11.8 Å². The highest BCUT2D eigenvalue weighted by Gasteiger charge is 2.14. The Kier molecular flexibility index (Phi) is 8.06. The van der Waals surface area contributed by atoms with E-state index >= 15 is 0 Å². The molecule has 0 aliphatic heterocycles. The first kappa shape index (κ1) is 25.3. The number of hydrogen-bond acceptors (Lipinski definition) is 6. The van der Waals surface area contributed by atoms with Crippen molar-refractivity contribution in [3.05, 3.63) is 89.1 Å².